The fourth-order valence-corrected chi connectivity index (χ4v) is 9.89. The number of allylic oxidation sites excluding steroid dienone is 2. The first-order chi connectivity index (χ1) is 19.1. The lowest BCUT2D eigenvalue weighted by Crippen LogP contribution is -2.66. The highest BCUT2D eigenvalue weighted by atomic mass is 16.5. The van der Waals surface area contributed by atoms with E-state index < -0.39 is 10.8 Å². The second kappa shape index (κ2) is 10.3. The first-order valence-electron chi connectivity index (χ1n) is 16.5. The number of rotatable bonds is 6. The summed E-state index contributed by atoms with van der Waals surface area (Å²) in [5.41, 5.74) is -1.60. The van der Waals surface area contributed by atoms with Gasteiger partial charge >= 0.3 is 5.97 Å². The number of hydrogen-bond acceptors (Lipinski definition) is 5. The largest absolute Gasteiger partial charge is 0.465 e. The van der Waals surface area contributed by atoms with Crippen LogP contribution in [-0.4, -0.2) is 24.1 Å². The van der Waals surface area contributed by atoms with E-state index in [-0.39, 0.29) is 62.2 Å². The van der Waals surface area contributed by atoms with Crippen LogP contribution in [0.5, 0.6) is 0 Å². The average Bonchev–Trinajstić information content (AvgIpc) is 2.90. The molecule has 4 aliphatic rings. The molecule has 4 rings (SSSR count). The Balaban J connectivity index is 1.71. The summed E-state index contributed by atoms with van der Waals surface area (Å²) >= 11 is 0. The molecule has 3 fully saturated rings. The first kappa shape index (κ1) is 32.9. The molecule has 0 aromatic carbocycles. The monoisotopic (exact) mass is 579 g/mol. The van der Waals surface area contributed by atoms with E-state index in [4.69, 9.17) is 4.74 Å². The third kappa shape index (κ3) is 5.01. The van der Waals surface area contributed by atoms with Gasteiger partial charge in [0.05, 0.1) is 17.6 Å². The SMILES string of the molecule is CCC(C)(C)CC[C@]1(COC(=O)C(C)(C)C)CC[C@]2(C)C(C1)C(=O)C[C@@H]1[C@@]3(C)C=C(C#N)C(=O)C(C)(C)[C@@H]3CC[C@]12C. The molecule has 0 saturated heterocycles. The van der Waals surface area contributed by atoms with E-state index in [9.17, 15) is 19.6 Å². The van der Waals surface area contributed by atoms with E-state index >= 15 is 0 Å². The summed E-state index contributed by atoms with van der Waals surface area (Å²) in [4.78, 5) is 40.6. The zero-order valence-electron chi connectivity index (χ0n) is 28.5. The number of carbonyl (C=O) groups excluding carboxylic acids is 3. The predicted molar refractivity (Wildman–Crippen MR) is 166 cm³/mol. The molecule has 0 spiro atoms. The minimum absolute atomic E-state index is 0.0513. The maximum Gasteiger partial charge on any atom is 0.311 e. The number of Topliss-reactive ketones (excluding diaryl/α,β-unsaturated/α-hetero) is 2. The number of hydrogen-bond donors (Lipinski definition) is 0. The Hall–Kier alpha value is -1.96. The molecule has 42 heavy (non-hydrogen) atoms. The Morgan fingerprint density at radius 3 is 2.21 bits per heavy atom. The van der Waals surface area contributed by atoms with Gasteiger partial charge in [-0.15, -0.1) is 0 Å². The third-order valence-corrected chi connectivity index (χ3v) is 13.6. The van der Waals surface area contributed by atoms with Crippen molar-refractivity contribution in [1.29, 1.82) is 5.26 Å². The molecular weight excluding hydrogens is 522 g/mol. The van der Waals surface area contributed by atoms with E-state index in [0.717, 1.165) is 51.4 Å². The summed E-state index contributed by atoms with van der Waals surface area (Å²) in [5, 5.41) is 9.93. The summed E-state index contributed by atoms with van der Waals surface area (Å²) in [6, 6.07) is 2.21. The molecular formula is C37H57NO4. The summed E-state index contributed by atoms with van der Waals surface area (Å²) in [7, 11) is 0. The molecule has 0 bridgehead atoms. The zero-order chi connectivity index (χ0) is 31.7. The second-order valence-electron chi connectivity index (χ2n) is 17.8. The normalized spacial score (nSPS) is 39.8. The lowest BCUT2D eigenvalue weighted by molar-refractivity contribution is -0.206. The number of esters is 1. The van der Waals surface area contributed by atoms with Crippen molar-refractivity contribution in [3.63, 3.8) is 0 Å². The van der Waals surface area contributed by atoms with Gasteiger partial charge < -0.3 is 4.74 Å². The fourth-order valence-electron chi connectivity index (χ4n) is 9.89. The van der Waals surface area contributed by atoms with Gasteiger partial charge in [0.25, 0.3) is 0 Å². The molecule has 7 atom stereocenters. The van der Waals surface area contributed by atoms with Crippen molar-refractivity contribution in [3.8, 4) is 6.07 Å². The lowest BCUT2D eigenvalue weighted by atomic mass is 9.33. The molecule has 5 heteroatoms. The van der Waals surface area contributed by atoms with Crippen LogP contribution in [0.1, 0.15) is 134 Å². The Morgan fingerprint density at radius 2 is 1.64 bits per heavy atom. The van der Waals surface area contributed by atoms with Gasteiger partial charge in [0.15, 0.2) is 5.78 Å². The number of carbonyl (C=O) groups is 3. The van der Waals surface area contributed by atoms with E-state index in [2.05, 4.69) is 47.6 Å². The van der Waals surface area contributed by atoms with Crippen LogP contribution >= 0.6 is 0 Å². The highest BCUT2D eigenvalue weighted by Gasteiger charge is 2.69. The standard InChI is InChI=1S/C37H57NO4/c1-12-32(5,6)15-17-37(23-42-30(41)31(2,3)4)18-16-35(10)25(21-37)26(39)19-28-34(9)20-24(22-38)29(40)33(7,8)27(34)13-14-36(28,35)11/h20,25,27-28H,12-19,21,23H2,1-11H3/t25?,27-,28+,34-,35+,36+,37-/m0/s1. The van der Waals surface area contributed by atoms with Crippen LogP contribution in [0.15, 0.2) is 11.6 Å². The van der Waals surface area contributed by atoms with Crippen LogP contribution < -0.4 is 0 Å². The van der Waals surface area contributed by atoms with Gasteiger partial charge in [-0.25, -0.2) is 0 Å². The Labute approximate surface area is 255 Å². The van der Waals surface area contributed by atoms with Crippen molar-refractivity contribution in [2.24, 2.45) is 55.7 Å². The maximum absolute atomic E-state index is 14.4. The van der Waals surface area contributed by atoms with Gasteiger partial charge in [0.2, 0.25) is 0 Å². The molecule has 4 aliphatic carbocycles. The molecule has 0 N–H and O–H groups in total. The molecule has 0 aromatic rings. The van der Waals surface area contributed by atoms with Crippen LogP contribution in [0, 0.1) is 67.0 Å². The Morgan fingerprint density at radius 1 is 1.00 bits per heavy atom. The third-order valence-electron chi connectivity index (χ3n) is 13.6. The minimum Gasteiger partial charge on any atom is -0.465 e. The zero-order valence-corrected chi connectivity index (χ0v) is 28.5. The highest BCUT2D eigenvalue weighted by Crippen LogP contribution is 2.73. The molecule has 5 nitrogen and oxygen atoms in total. The number of nitrogens with zero attached hydrogens (tertiary/aromatic N) is 1. The summed E-state index contributed by atoms with van der Waals surface area (Å²) < 4.78 is 6.05. The maximum atomic E-state index is 14.4. The summed E-state index contributed by atoms with van der Waals surface area (Å²) in [6.45, 7) is 23.9. The van der Waals surface area contributed by atoms with E-state index in [0.29, 0.717) is 18.8 Å². The van der Waals surface area contributed by atoms with E-state index in [1.165, 1.54) is 0 Å². The molecule has 1 unspecified atom stereocenters. The van der Waals surface area contributed by atoms with E-state index in [1.807, 2.05) is 40.7 Å². The first-order valence-corrected chi connectivity index (χ1v) is 16.5. The molecule has 0 aromatic heterocycles. The summed E-state index contributed by atoms with van der Waals surface area (Å²) in [5.74, 6) is 0.208. The number of fused-ring (bicyclic) bond motifs is 5. The summed E-state index contributed by atoms with van der Waals surface area (Å²) in [6.07, 6.45) is 10.1. The molecule has 234 valence electrons. The molecule has 0 heterocycles. The van der Waals surface area contributed by atoms with Crippen LogP contribution in [-0.2, 0) is 19.1 Å². The second-order valence-corrected chi connectivity index (χ2v) is 17.8. The quantitative estimate of drug-likeness (QED) is 0.294. The Bertz CT molecular complexity index is 1210. The van der Waals surface area contributed by atoms with Crippen molar-refractivity contribution in [3.05, 3.63) is 11.6 Å². The molecule has 3 saturated carbocycles. The predicted octanol–water partition coefficient (Wildman–Crippen LogP) is 8.66. The fraction of sp³-hybridized carbons (Fsp3) is 0.838. The average molecular weight is 580 g/mol. The van der Waals surface area contributed by atoms with Crippen molar-refractivity contribution >= 4 is 17.5 Å². The smallest absolute Gasteiger partial charge is 0.311 e. The molecule has 0 amide bonds. The van der Waals surface area contributed by atoms with Crippen molar-refractivity contribution in [2.75, 3.05) is 6.61 Å². The van der Waals surface area contributed by atoms with Gasteiger partial charge in [-0.05, 0) is 99.2 Å². The van der Waals surface area contributed by atoms with Gasteiger partial charge in [-0.3, -0.25) is 14.4 Å². The van der Waals surface area contributed by atoms with Crippen molar-refractivity contribution in [2.45, 2.75) is 134 Å². The van der Waals surface area contributed by atoms with Gasteiger partial charge in [-0.2, -0.15) is 5.26 Å². The number of ether oxygens (including phenoxy) is 1. The van der Waals surface area contributed by atoms with Gasteiger partial charge in [-0.1, -0.05) is 67.9 Å². The number of nitriles is 1. The van der Waals surface area contributed by atoms with Crippen LogP contribution in [0.3, 0.4) is 0 Å². The Kier molecular flexibility index (Phi) is 8.08. The topological polar surface area (TPSA) is 84.2 Å². The van der Waals surface area contributed by atoms with Crippen LogP contribution in [0.25, 0.3) is 0 Å². The lowest BCUT2D eigenvalue weighted by Gasteiger charge is -2.69. The van der Waals surface area contributed by atoms with Gasteiger partial charge in [0, 0.05) is 23.2 Å². The van der Waals surface area contributed by atoms with Crippen LogP contribution in [0.2, 0.25) is 0 Å². The minimum atomic E-state index is -0.624. The molecule has 0 aliphatic heterocycles. The molecule has 0 radical (unpaired) electrons. The van der Waals surface area contributed by atoms with Gasteiger partial charge in [0.1, 0.15) is 11.9 Å². The van der Waals surface area contributed by atoms with Crippen LogP contribution in [0.4, 0.5) is 0 Å². The van der Waals surface area contributed by atoms with E-state index in [1.54, 1.807) is 0 Å². The van der Waals surface area contributed by atoms with Crippen molar-refractivity contribution < 1.29 is 19.1 Å². The number of ketones is 2. The highest BCUT2D eigenvalue weighted by molar-refractivity contribution is 6.04. The van der Waals surface area contributed by atoms with Crippen molar-refractivity contribution in [1.82, 2.24) is 0 Å².